The van der Waals surface area contributed by atoms with Gasteiger partial charge in [0.2, 0.25) is 0 Å². The highest BCUT2D eigenvalue weighted by atomic mass is 16.5. The van der Waals surface area contributed by atoms with Crippen molar-refractivity contribution in [2.24, 2.45) is 5.73 Å². The molecule has 0 atom stereocenters. The topological polar surface area (TPSA) is 68.3 Å². The van der Waals surface area contributed by atoms with Crippen LogP contribution >= 0.6 is 0 Å². The third kappa shape index (κ3) is 3.16. The fourth-order valence-electron chi connectivity index (χ4n) is 2.16. The lowest BCUT2D eigenvalue weighted by Crippen LogP contribution is -2.12. The first-order valence-corrected chi connectivity index (χ1v) is 6.70. The van der Waals surface area contributed by atoms with Gasteiger partial charge in [-0.2, -0.15) is 0 Å². The second-order valence-corrected chi connectivity index (χ2v) is 5.08. The summed E-state index contributed by atoms with van der Waals surface area (Å²) in [5, 5.41) is 7.66. The van der Waals surface area contributed by atoms with E-state index in [4.69, 9.17) is 20.6 Å². The van der Waals surface area contributed by atoms with Gasteiger partial charge in [0.15, 0.2) is 0 Å². The minimum absolute atomic E-state index is 0.0327. The smallest absolute Gasteiger partial charge is 0.142 e. The van der Waals surface area contributed by atoms with Crippen LogP contribution in [0.1, 0.15) is 22.3 Å². The van der Waals surface area contributed by atoms with E-state index in [0.717, 1.165) is 22.4 Å². The zero-order valence-corrected chi connectivity index (χ0v) is 12.8. The number of nitrogens with two attached hydrogens (primary N) is 1. The minimum Gasteiger partial charge on any atom is -0.497 e. The maximum Gasteiger partial charge on any atom is 0.142 e. The summed E-state index contributed by atoms with van der Waals surface area (Å²) in [5.74, 6) is 1.92. The van der Waals surface area contributed by atoms with Crippen LogP contribution in [0, 0.1) is 26.2 Å². The average Bonchev–Trinajstić information content (AvgIpc) is 2.43. The zero-order valence-electron chi connectivity index (χ0n) is 12.8. The molecule has 0 saturated carbocycles. The molecule has 0 spiro atoms. The first-order valence-electron chi connectivity index (χ1n) is 6.70. The van der Waals surface area contributed by atoms with Crippen molar-refractivity contribution in [3.63, 3.8) is 0 Å². The third-order valence-electron chi connectivity index (χ3n) is 3.46. The predicted molar refractivity (Wildman–Crippen MR) is 84.7 cm³/mol. The number of nitrogens with one attached hydrogen (secondary N) is 1. The zero-order chi connectivity index (χ0) is 15.6. The molecule has 3 N–H and O–H groups in total. The second kappa shape index (κ2) is 5.87. The van der Waals surface area contributed by atoms with E-state index in [2.05, 4.69) is 6.07 Å². The van der Waals surface area contributed by atoms with Crippen LogP contribution in [0.15, 0.2) is 30.3 Å². The second-order valence-electron chi connectivity index (χ2n) is 5.08. The van der Waals surface area contributed by atoms with E-state index in [1.165, 1.54) is 0 Å². The Morgan fingerprint density at radius 3 is 2.38 bits per heavy atom. The fraction of sp³-hybridized carbons (Fsp3) is 0.235. The van der Waals surface area contributed by atoms with Crippen molar-refractivity contribution in [1.82, 2.24) is 0 Å². The molecule has 4 heteroatoms. The van der Waals surface area contributed by atoms with Crippen molar-refractivity contribution in [2.75, 3.05) is 7.11 Å². The van der Waals surface area contributed by atoms with Gasteiger partial charge in [0.25, 0.3) is 0 Å². The van der Waals surface area contributed by atoms with Crippen molar-refractivity contribution in [2.45, 2.75) is 20.8 Å². The molecule has 0 aromatic heterocycles. The summed E-state index contributed by atoms with van der Waals surface area (Å²) in [4.78, 5) is 0. The average molecular weight is 284 g/mol. The van der Waals surface area contributed by atoms with Gasteiger partial charge in [-0.25, -0.2) is 0 Å². The Hall–Kier alpha value is -2.49. The van der Waals surface area contributed by atoms with Gasteiger partial charge in [0.1, 0.15) is 23.1 Å². The number of rotatable bonds is 4. The molecular formula is C17H20N2O2. The Kier molecular flexibility index (Phi) is 4.17. The number of nitrogen functional groups attached to an aromatic ring is 1. The van der Waals surface area contributed by atoms with Crippen molar-refractivity contribution in [1.29, 1.82) is 5.41 Å². The first-order chi connectivity index (χ1) is 9.92. The molecule has 0 fully saturated rings. The Labute approximate surface area is 125 Å². The summed E-state index contributed by atoms with van der Waals surface area (Å²) in [7, 11) is 1.59. The van der Waals surface area contributed by atoms with Crippen molar-refractivity contribution in [3.8, 4) is 17.2 Å². The lowest BCUT2D eigenvalue weighted by molar-refractivity contribution is 0.408. The SMILES string of the molecule is COc1ccc(C(=N)N)c(Oc2cc(C)cc(C)c2C)c1. The highest BCUT2D eigenvalue weighted by Gasteiger charge is 2.12. The van der Waals surface area contributed by atoms with Crippen molar-refractivity contribution in [3.05, 3.63) is 52.6 Å². The van der Waals surface area contributed by atoms with E-state index in [9.17, 15) is 0 Å². The van der Waals surface area contributed by atoms with E-state index < -0.39 is 0 Å². The minimum atomic E-state index is -0.0327. The maximum atomic E-state index is 7.66. The molecule has 0 aliphatic heterocycles. The molecule has 0 aliphatic carbocycles. The van der Waals surface area contributed by atoms with Crippen molar-refractivity contribution < 1.29 is 9.47 Å². The summed E-state index contributed by atoms with van der Waals surface area (Å²) in [6.07, 6.45) is 0. The number of aryl methyl sites for hydroxylation is 2. The van der Waals surface area contributed by atoms with E-state index in [-0.39, 0.29) is 5.84 Å². The fourth-order valence-corrected chi connectivity index (χ4v) is 2.16. The Morgan fingerprint density at radius 2 is 1.76 bits per heavy atom. The van der Waals surface area contributed by atoms with E-state index in [1.54, 1.807) is 25.3 Å². The maximum absolute atomic E-state index is 7.66. The van der Waals surface area contributed by atoms with Crippen LogP contribution in [0.3, 0.4) is 0 Å². The summed E-state index contributed by atoms with van der Waals surface area (Å²) in [6, 6.07) is 9.33. The summed E-state index contributed by atoms with van der Waals surface area (Å²) >= 11 is 0. The molecule has 0 radical (unpaired) electrons. The van der Waals surface area contributed by atoms with Crippen molar-refractivity contribution >= 4 is 5.84 Å². The molecule has 0 unspecified atom stereocenters. The van der Waals surface area contributed by atoms with Gasteiger partial charge in [-0.15, -0.1) is 0 Å². The Balaban J connectivity index is 2.50. The summed E-state index contributed by atoms with van der Waals surface area (Å²) in [5.41, 5.74) is 9.53. The summed E-state index contributed by atoms with van der Waals surface area (Å²) < 4.78 is 11.2. The molecule has 2 aromatic carbocycles. The van der Waals surface area contributed by atoms with Crippen LogP contribution in [-0.4, -0.2) is 12.9 Å². The van der Waals surface area contributed by atoms with Crippen LogP contribution in [0.4, 0.5) is 0 Å². The largest absolute Gasteiger partial charge is 0.497 e. The lowest BCUT2D eigenvalue weighted by Gasteiger charge is -2.15. The standard InChI is InChI=1S/C17H20N2O2/c1-10-7-11(2)12(3)15(8-10)21-16-9-13(20-4)5-6-14(16)17(18)19/h5-9H,1-4H3,(H3,18,19). The molecule has 0 amide bonds. The van der Waals surface area contributed by atoms with E-state index >= 15 is 0 Å². The predicted octanol–water partition coefficient (Wildman–Crippen LogP) is 3.70. The van der Waals surface area contributed by atoms with Crippen LogP contribution < -0.4 is 15.2 Å². The molecule has 0 saturated heterocycles. The quantitative estimate of drug-likeness (QED) is 0.664. The van der Waals surface area contributed by atoms with Crippen LogP contribution in [0.5, 0.6) is 17.2 Å². The number of benzene rings is 2. The van der Waals surface area contributed by atoms with Gasteiger partial charge in [0.05, 0.1) is 12.7 Å². The molecule has 0 aliphatic rings. The normalized spacial score (nSPS) is 10.3. The number of ether oxygens (including phenoxy) is 2. The van der Waals surface area contributed by atoms with E-state index in [1.807, 2.05) is 26.8 Å². The molecular weight excluding hydrogens is 264 g/mol. The van der Waals surface area contributed by atoms with E-state index in [0.29, 0.717) is 17.1 Å². The molecule has 2 aromatic rings. The lowest BCUT2D eigenvalue weighted by atomic mass is 10.1. The van der Waals surface area contributed by atoms with Crippen LogP contribution in [-0.2, 0) is 0 Å². The number of hydrogen-bond donors (Lipinski definition) is 2. The van der Waals surface area contributed by atoms with Gasteiger partial charge in [-0.05, 0) is 55.7 Å². The van der Waals surface area contributed by atoms with Gasteiger partial charge < -0.3 is 15.2 Å². The molecule has 21 heavy (non-hydrogen) atoms. The van der Waals surface area contributed by atoms with Gasteiger partial charge in [0, 0.05) is 6.07 Å². The van der Waals surface area contributed by atoms with Gasteiger partial charge in [-0.3, -0.25) is 5.41 Å². The molecule has 0 heterocycles. The number of hydrogen-bond acceptors (Lipinski definition) is 3. The Morgan fingerprint density at radius 1 is 1.05 bits per heavy atom. The van der Waals surface area contributed by atoms with Crippen LogP contribution in [0.2, 0.25) is 0 Å². The number of methoxy groups -OCH3 is 1. The van der Waals surface area contributed by atoms with Crippen LogP contribution in [0.25, 0.3) is 0 Å². The highest BCUT2D eigenvalue weighted by Crippen LogP contribution is 2.32. The first kappa shape index (κ1) is 14.9. The molecule has 2 rings (SSSR count). The molecule has 4 nitrogen and oxygen atoms in total. The molecule has 110 valence electrons. The third-order valence-corrected chi connectivity index (χ3v) is 3.46. The molecule has 0 bridgehead atoms. The van der Waals surface area contributed by atoms with Gasteiger partial charge >= 0.3 is 0 Å². The Bertz CT molecular complexity index is 693. The monoisotopic (exact) mass is 284 g/mol. The highest BCUT2D eigenvalue weighted by molar-refractivity contribution is 5.97. The summed E-state index contributed by atoms with van der Waals surface area (Å²) in [6.45, 7) is 6.08. The number of amidine groups is 1. The van der Waals surface area contributed by atoms with Gasteiger partial charge in [-0.1, -0.05) is 6.07 Å².